The van der Waals surface area contributed by atoms with Crippen LogP contribution in [-0.4, -0.2) is 23.4 Å². The van der Waals surface area contributed by atoms with Crippen molar-refractivity contribution >= 4 is 11.0 Å². The quantitative estimate of drug-likeness (QED) is 0.668. The van der Waals surface area contributed by atoms with Crippen molar-refractivity contribution in [3.8, 4) is 34.1 Å². The Kier molecular flexibility index (Phi) is 3.13. The largest absolute Gasteiger partial charge is 0.504 e. The molecule has 0 atom stereocenters. The van der Waals surface area contributed by atoms with Crippen LogP contribution >= 0.6 is 0 Å². The van der Waals surface area contributed by atoms with Gasteiger partial charge in [-0.2, -0.15) is 0 Å². The molecule has 24 heavy (non-hydrogen) atoms. The fourth-order valence-electron chi connectivity index (χ4n) is 2.87. The second kappa shape index (κ2) is 5.19. The van der Waals surface area contributed by atoms with E-state index in [4.69, 9.17) is 13.9 Å². The number of phenols is 2. The van der Waals surface area contributed by atoms with E-state index in [0.717, 1.165) is 0 Å². The molecule has 6 nitrogen and oxygen atoms in total. The third kappa shape index (κ3) is 2.07. The first-order valence-corrected chi connectivity index (χ1v) is 7.44. The third-order valence-corrected chi connectivity index (χ3v) is 4.02. The lowest BCUT2D eigenvalue weighted by atomic mass is 10.0. The molecule has 3 aromatic rings. The molecule has 2 N–H and O–H groups in total. The average molecular weight is 326 g/mol. The van der Waals surface area contributed by atoms with Crippen LogP contribution in [0.1, 0.15) is 5.76 Å². The molecule has 6 heteroatoms. The molecule has 0 saturated heterocycles. The molecule has 0 saturated carbocycles. The van der Waals surface area contributed by atoms with Gasteiger partial charge in [-0.25, -0.2) is 0 Å². The van der Waals surface area contributed by atoms with E-state index in [1.807, 2.05) is 0 Å². The number of rotatable bonds is 1. The monoisotopic (exact) mass is 326 g/mol. The molecular formula is C18H14O6. The van der Waals surface area contributed by atoms with Gasteiger partial charge >= 0.3 is 0 Å². The molecule has 0 spiro atoms. The summed E-state index contributed by atoms with van der Waals surface area (Å²) in [7, 11) is 0. The highest BCUT2D eigenvalue weighted by atomic mass is 16.6. The molecule has 2 heterocycles. The highest BCUT2D eigenvalue weighted by molar-refractivity contribution is 5.88. The van der Waals surface area contributed by atoms with E-state index >= 15 is 0 Å². The van der Waals surface area contributed by atoms with E-state index in [0.29, 0.717) is 41.6 Å². The Morgan fingerprint density at radius 2 is 1.75 bits per heavy atom. The van der Waals surface area contributed by atoms with E-state index < -0.39 is 5.75 Å². The highest BCUT2D eigenvalue weighted by Gasteiger charge is 2.19. The summed E-state index contributed by atoms with van der Waals surface area (Å²) in [6.07, 6.45) is 0. The van der Waals surface area contributed by atoms with Gasteiger partial charge in [0.2, 0.25) is 11.2 Å². The average Bonchev–Trinajstić information content (AvgIpc) is 2.58. The molecule has 2 aromatic carbocycles. The van der Waals surface area contributed by atoms with Gasteiger partial charge in [-0.15, -0.1) is 0 Å². The van der Waals surface area contributed by atoms with Crippen LogP contribution < -0.4 is 14.9 Å². The van der Waals surface area contributed by atoms with Crippen LogP contribution in [0.25, 0.3) is 22.1 Å². The van der Waals surface area contributed by atoms with Gasteiger partial charge in [0, 0.05) is 0 Å². The zero-order valence-corrected chi connectivity index (χ0v) is 12.8. The summed E-state index contributed by atoms with van der Waals surface area (Å²) in [4.78, 5) is 12.9. The minimum Gasteiger partial charge on any atom is -0.504 e. The summed E-state index contributed by atoms with van der Waals surface area (Å²) in [6, 6.07) is 7.94. The number of fused-ring (bicyclic) bond motifs is 2. The number of hydrogen-bond donors (Lipinski definition) is 2. The first kappa shape index (κ1) is 14.4. The Labute approximate surface area is 136 Å². The predicted octanol–water partition coefficient (Wildman–Crippen LogP) is 2.95. The number of phenolic OH excluding ortho intramolecular Hbond substituents is 2. The summed E-state index contributed by atoms with van der Waals surface area (Å²) in [5, 5.41) is 19.7. The van der Waals surface area contributed by atoms with Gasteiger partial charge in [0.25, 0.3) is 0 Å². The van der Waals surface area contributed by atoms with E-state index in [1.165, 1.54) is 12.1 Å². The smallest absolute Gasteiger partial charge is 0.201 e. The summed E-state index contributed by atoms with van der Waals surface area (Å²) in [6.45, 7) is 2.58. The van der Waals surface area contributed by atoms with E-state index in [-0.39, 0.29) is 22.1 Å². The van der Waals surface area contributed by atoms with Gasteiger partial charge in [0.1, 0.15) is 19.0 Å². The Morgan fingerprint density at radius 3 is 2.54 bits per heavy atom. The van der Waals surface area contributed by atoms with E-state index in [2.05, 4.69) is 0 Å². The van der Waals surface area contributed by atoms with Crippen LogP contribution in [0.3, 0.4) is 0 Å². The van der Waals surface area contributed by atoms with Gasteiger partial charge in [-0.3, -0.25) is 4.79 Å². The van der Waals surface area contributed by atoms with Crippen molar-refractivity contribution in [3.05, 3.63) is 46.3 Å². The summed E-state index contributed by atoms with van der Waals surface area (Å²) in [5.41, 5.74) is 0.698. The molecule has 4 rings (SSSR count). The Balaban J connectivity index is 1.97. The minimum atomic E-state index is -0.443. The third-order valence-electron chi connectivity index (χ3n) is 4.02. The number of ether oxygens (including phenoxy) is 2. The topological polar surface area (TPSA) is 89.1 Å². The number of aromatic hydroxyl groups is 2. The van der Waals surface area contributed by atoms with Gasteiger partial charge in [-0.05, 0) is 36.8 Å². The zero-order valence-electron chi connectivity index (χ0n) is 12.8. The highest BCUT2D eigenvalue weighted by Crippen LogP contribution is 2.37. The van der Waals surface area contributed by atoms with E-state index in [1.54, 1.807) is 25.1 Å². The molecule has 1 aliphatic rings. The molecule has 0 radical (unpaired) electrons. The van der Waals surface area contributed by atoms with Crippen LogP contribution in [0.5, 0.6) is 23.0 Å². The van der Waals surface area contributed by atoms with Crippen LogP contribution in [-0.2, 0) is 0 Å². The number of benzene rings is 2. The van der Waals surface area contributed by atoms with Crippen molar-refractivity contribution in [2.45, 2.75) is 6.92 Å². The zero-order chi connectivity index (χ0) is 16.8. The lowest BCUT2D eigenvalue weighted by molar-refractivity contribution is 0.171. The maximum absolute atomic E-state index is 12.9. The second-order valence-corrected chi connectivity index (χ2v) is 5.53. The van der Waals surface area contributed by atoms with Crippen LogP contribution in [0.4, 0.5) is 0 Å². The predicted molar refractivity (Wildman–Crippen MR) is 87.0 cm³/mol. The maximum Gasteiger partial charge on any atom is 0.201 e. The van der Waals surface area contributed by atoms with Crippen molar-refractivity contribution in [1.82, 2.24) is 0 Å². The Morgan fingerprint density at radius 1 is 1.00 bits per heavy atom. The Hall–Kier alpha value is -3.15. The standard InChI is InChI=1S/C18H14O6/c1-9-15(10-2-5-13-14(8-10)23-7-6-22-13)16(20)11-3-4-12(19)17(21)18(11)24-9/h2-5,8,19,21H,6-7H2,1H3. The number of aryl methyl sites for hydroxylation is 1. The van der Waals surface area contributed by atoms with Crippen LogP contribution in [0, 0.1) is 6.92 Å². The lowest BCUT2D eigenvalue weighted by Gasteiger charge is -2.19. The van der Waals surface area contributed by atoms with Crippen molar-refractivity contribution in [2.75, 3.05) is 13.2 Å². The molecule has 1 aliphatic heterocycles. The van der Waals surface area contributed by atoms with Crippen molar-refractivity contribution in [1.29, 1.82) is 0 Å². The molecule has 1 aromatic heterocycles. The van der Waals surface area contributed by atoms with Gasteiger partial charge in [0.15, 0.2) is 22.8 Å². The fourth-order valence-corrected chi connectivity index (χ4v) is 2.87. The maximum atomic E-state index is 12.9. The number of hydrogen-bond acceptors (Lipinski definition) is 6. The first-order chi connectivity index (χ1) is 11.6. The lowest BCUT2D eigenvalue weighted by Crippen LogP contribution is -2.15. The molecule has 122 valence electrons. The summed E-state index contributed by atoms with van der Waals surface area (Å²) in [5.74, 6) is 0.769. The van der Waals surface area contributed by atoms with Crippen LogP contribution in [0.15, 0.2) is 39.5 Å². The normalized spacial score (nSPS) is 13.2. The molecule has 0 fully saturated rings. The SMILES string of the molecule is Cc1oc2c(O)c(O)ccc2c(=O)c1-c1ccc2c(c1)OCCO2. The minimum absolute atomic E-state index is 0.0289. The van der Waals surface area contributed by atoms with Crippen molar-refractivity contribution in [2.24, 2.45) is 0 Å². The Bertz CT molecular complexity index is 1020. The van der Waals surface area contributed by atoms with Crippen LogP contribution in [0.2, 0.25) is 0 Å². The fraction of sp³-hybridized carbons (Fsp3) is 0.167. The second-order valence-electron chi connectivity index (χ2n) is 5.53. The van der Waals surface area contributed by atoms with Crippen molar-refractivity contribution < 1.29 is 24.1 Å². The van der Waals surface area contributed by atoms with E-state index in [9.17, 15) is 15.0 Å². The summed E-state index contributed by atoms with van der Waals surface area (Å²) < 4.78 is 16.6. The molecule has 0 unspecified atom stereocenters. The van der Waals surface area contributed by atoms with Gasteiger partial charge in [0.05, 0.1) is 10.9 Å². The molecule has 0 bridgehead atoms. The molecular weight excluding hydrogens is 312 g/mol. The first-order valence-electron chi connectivity index (χ1n) is 7.44. The van der Waals surface area contributed by atoms with Gasteiger partial charge < -0.3 is 24.1 Å². The molecule has 0 aliphatic carbocycles. The summed E-state index contributed by atoms with van der Waals surface area (Å²) >= 11 is 0. The van der Waals surface area contributed by atoms with Crippen molar-refractivity contribution in [3.63, 3.8) is 0 Å². The van der Waals surface area contributed by atoms with Gasteiger partial charge in [-0.1, -0.05) is 6.07 Å². The molecule has 0 amide bonds.